The van der Waals surface area contributed by atoms with E-state index in [-0.39, 0.29) is 6.04 Å². The molecule has 10 heteroatoms. The first kappa shape index (κ1) is 17.8. The average Bonchev–Trinajstić information content (AvgIpc) is 2.78. The van der Waals surface area contributed by atoms with Crippen molar-refractivity contribution in [3.8, 4) is 0 Å². The van der Waals surface area contributed by atoms with Gasteiger partial charge >= 0.3 is 0 Å². The second-order valence-corrected chi connectivity index (χ2v) is 10.7. The van der Waals surface area contributed by atoms with Crippen LogP contribution in [-0.4, -0.2) is 31.9 Å². The number of hydrogen-bond donors (Lipinski definition) is 0. The molecular formula is C8H12Cl5NO2S2. The lowest BCUT2D eigenvalue weighted by Crippen LogP contribution is -2.38. The van der Waals surface area contributed by atoms with E-state index in [1.165, 1.54) is 0 Å². The Labute approximate surface area is 137 Å². The van der Waals surface area contributed by atoms with Crippen LogP contribution in [0.15, 0.2) is 0 Å². The largest absolute Gasteiger partial charge is 0.237 e. The van der Waals surface area contributed by atoms with E-state index in [4.69, 9.17) is 58.0 Å². The Hall–Kier alpha value is 1.71. The van der Waals surface area contributed by atoms with E-state index in [0.29, 0.717) is 11.9 Å². The third-order valence-corrected chi connectivity index (χ3v) is 8.52. The summed E-state index contributed by atoms with van der Waals surface area (Å²) in [5.74, 6) is 0. The number of nitrogens with zero attached hydrogens (tertiary/aromatic N) is 1. The van der Waals surface area contributed by atoms with Crippen molar-refractivity contribution in [1.82, 2.24) is 3.71 Å². The van der Waals surface area contributed by atoms with E-state index in [1.54, 1.807) is 0 Å². The van der Waals surface area contributed by atoms with E-state index < -0.39 is 23.7 Å². The fourth-order valence-corrected chi connectivity index (χ4v) is 5.51. The summed E-state index contributed by atoms with van der Waals surface area (Å²) in [5, 5.41) is -0.532. The molecule has 18 heavy (non-hydrogen) atoms. The van der Waals surface area contributed by atoms with Gasteiger partial charge in [-0.2, -0.15) is 0 Å². The first-order valence-electron chi connectivity index (χ1n) is 5.14. The Morgan fingerprint density at radius 2 is 1.78 bits per heavy atom. The van der Waals surface area contributed by atoms with E-state index >= 15 is 0 Å². The molecule has 108 valence electrons. The number of sulfonamides is 1. The second-order valence-electron chi connectivity index (χ2n) is 3.87. The van der Waals surface area contributed by atoms with E-state index in [9.17, 15) is 8.42 Å². The minimum absolute atomic E-state index is 0.164. The molecule has 1 rings (SSSR count). The minimum Gasteiger partial charge on any atom is -0.210 e. The summed E-state index contributed by atoms with van der Waals surface area (Å²) in [6.45, 7) is 0. The van der Waals surface area contributed by atoms with Crippen LogP contribution in [0, 0.1) is 0 Å². The van der Waals surface area contributed by atoms with Crippen LogP contribution >= 0.6 is 70.0 Å². The van der Waals surface area contributed by atoms with Gasteiger partial charge in [0.1, 0.15) is 5.21 Å². The Morgan fingerprint density at radius 1 is 1.28 bits per heavy atom. The van der Waals surface area contributed by atoms with Crippen LogP contribution in [0.25, 0.3) is 0 Å². The summed E-state index contributed by atoms with van der Waals surface area (Å²) in [6.07, 6.45) is 3.43. The summed E-state index contributed by atoms with van der Waals surface area (Å²) >= 11 is 29.3. The van der Waals surface area contributed by atoms with Gasteiger partial charge in [-0.15, -0.1) is 38.5 Å². The highest BCUT2D eigenvalue weighted by atomic mass is 35.5. The number of hydrogen-bond acceptors (Lipinski definition) is 3. The summed E-state index contributed by atoms with van der Waals surface area (Å²) < 4.78 is 23.4. The third-order valence-electron chi connectivity index (χ3n) is 2.50. The monoisotopic (exact) mass is 393 g/mol. The molecule has 1 fully saturated rings. The molecule has 0 atom stereocenters. The molecule has 0 radical (unpaired) electrons. The smallest absolute Gasteiger partial charge is 0.210 e. The van der Waals surface area contributed by atoms with E-state index in [2.05, 4.69) is 0 Å². The van der Waals surface area contributed by atoms with Crippen LogP contribution in [-0.2, 0) is 10.0 Å². The molecule has 0 aromatic rings. The predicted octanol–water partition coefficient (Wildman–Crippen LogP) is 4.34. The summed E-state index contributed by atoms with van der Waals surface area (Å²) in [4.78, 5) is -1.12. The van der Waals surface area contributed by atoms with Gasteiger partial charge in [0.15, 0.2) is 4.84 Å². The van der Waals surface area contributed by atoms with Crippen molar-refractivity contribution in [1.29, 1.82) is 0 Å². The average molecular weight is 396 g/mol. The lowest BCUT2D eigenvalue weighted by molar-refractivity contribution is 0.465. The van der Waals surface area contributed by atoms with Crippen LogP contribution in [0.2, 0.25) is 0 Å². The van der Waals surface area contributed by atoms with E-state index in [0.717, 1.165) is 29.4 Å². The maximum absolute atomic E-state index is 12.0. The predicted molar refractivity (Wildman–Crippen MR) is 81.3 cm³/mol. The Kier molecular flexibility index (Phi) is 7.02. The summed E-state index contributed by atoms with van der Waals surface area (Å²) in [5.41, 5.74) is 0. The summed E-state index contributed by atoms with van der Waals surface area (Å²) in [6, 6.07) is -0.164. The van der Waals surface area contributed by atoms with Crippen molar-refractivity contribution in [3.63, 3.8) is 0 Å². The highest BCUT2D eigenvalue weighted by molar-refractivity contribution is 8.11. The number of alkyl halides is 5. The zero-order valence-electron chi connectivity index (χ0n) is 9.16. The van der Waals surface area contributed by atoms with Crippen LogP contribution < -0.4 is 0 Å². The molecule has 0 heterocycles. The zero-order chi connectivity index (χ0) is 14.0. The Morgan fingerprint density at radius 3 is 2.17 bits per heavy atom. The molecule has 0 N–H and O–H groups in total. The SMILES string of the molecule is O=S(=O)(CCl)N(SC(Cl)(Cl)C(Cl)Cl)C1CCCC1. The van der Waals surface area contributed by atoms with Gasteiger partial charge in [0.05, 0.1) is 0 Å². The van der Waals surface area contributed by atoms with Gasteiger partial charge in [-0.25, -0.2) is 8.42 Å². The van der Waals surface area contributed by atoms with Crippen molar-refractivity contribution in [2.75, 3.05) is 5.21 Å². The molecule has 1 aliphatic carbocycles. The lowest BCUT2D eigenvalue weighted by Gasteiger charge is -2.31. The third kappa shape index (κ3) is 4.62. The molecule has 0 aromatic heterocycles. The minimum atomic E-state index is -3.63. The van der Waals surface area contributed by atoms with Crippen molar-refractivity contribution in [2.45, 2.75) is 40.2 Å². The molecule has 3 nitrogen and oxygen atoms in total. The molecule has 0 bridgehead atoms. The van der Waals surface area contributed by atoms with Gasteiger partial charge in [0, 0.05) is 6.04 Å². The molecule has 0 aliphatic heterocycles. The maximum atomic E-state index is 12.0. The highest BCUT2D eigenvalue weighted by Crippen LogP contribution is 2.47. The fourth-order valence-electron chi connectivity index (χ4n) is 1.68. The molecule has 0 amide bonds. The van der Waals surface area contributed by atoms with Crippen molar-refractivity contribution in [3.05, 3.63) is 0 Å². The van der Waals surface area contributed by atoms with Crippen molar-refractivity contribution < 1.29 is 8.42 Å². The molecule has 0 aromatic carbocycles. The second kappa shape index (κ2) is 7.12. The van der Waals surface area contributed by atoms with Gasteiger partial charge in [0.25, 0.3) is 0 Å². The topological polar surface area (TPSA) is 37.4 Å². The van der Waals surface area contributed by atoms with Gasteiger partial charge in [-0.3, -0.25) is 0 Å². The van der Waals surface area contributed by atoms with Crippen LogP contribution in [0.4, 0.5) is 0 Å². The lowest BCUT2D eigenvalue weighted by atomic mass is 10.3. The van der Waals surface area contributed by atoms with Gasteiger partial charge in [-0.05, 0) is 24.8 Å². The van der Waals surface area contributed by atoms with Gasteiger partial charge < -0.3 is 0 Å². The van der Waals surface area contributed by atoms with E-state index in [1.807, 2.05) is 0 Å². The van der Waals surface area contributed by atoms with Gasteiger partial charge in [0.2, 0.25) is 13.7 Å². The Bertz CT molecular complexity index is 370. The van der Waals surface area contributed by atoms with Gasteiger partial charge in [-0.1, -0.05) is 36.0 Å². The molecule has 0 saturated heterocycles. The van der Waals surface area contributed by atoms with Crippen LogP contribution in [0.5, 0.6) is 0 Å². The quantitative estimate of drug-likeness (QED) is 0.496. The molecule has 1 saturated carbocycles. The maximum Gasteiger partial charge on any atom is 0.237 e. The molecule has 1 aliphatic rings. The first-order chi connectivity index (χ1) is 8.20. The first-order valence-corrected chi connectivity index (χ1v) is 9.68. The van der Waals surface area contributed by atoms with Crippen LogP contribution in [0.1, 0.15) is 25.7 Å². The van der Waals surface area contributed by atoms with Crippen molar-refractivity contribution in [2.24, 2.45) is 0 Å². The normalized spacial score (nSPS) is 19.1. The summed E-state index contributed by atoms with van der Waals surface area (Å²) in [7, 11) is -3.63. The number of halogens is 5. The fraction of sp³-hybridized carbons (Fsp3) is 1.00. The molecule has 0 spiro atoms. The van der Waals surface area contributed by atoms with Crippen LogP contribution in [0.3, 0.4) is 0 Å². The number of rotatable bonds is 6. The zero-order valence-corrected chi connectivity index (χ0v) is 14.6. The highest BCUT2D eigenvalue weighted by Gasteiger charge is 2.42. The molecular weight excluding hydrogens is 383 g/mol. The Balaban J connectivity index is 2.91. The standard InChI is InChI=1S/C8H12Cl5NO2S2/c9-5-18(15,16)14(6-3-1-2-4-6)17-8(12,13)7(10)11/h6-7H,1-5H2. The molecule has 0 unspecified atom stereocenters. The van der Waals surface area contributed by atoms with Crippen molar-refractivity contribution >= 4 is 80.0 Å².